The number of pyridine rings is 1. The molecule has 2 N–H and O–H groups in total. The van der Waals surface area contributed by atoms with E-state index in [1.807, 2.05) is 6.92 Å². The lowest BCUT2D eigenvalue weighted by Gasteiger charge is -2.19. The average Bonchev–Trinajstić information content (AvgIpc) is 2.91. The van der Waals surface area contributed by atoms with Gasteiger partial charge in [-0.15, -0.1) is 0 Å². The largest absolute Gasteiger partial charge is 0.481 e. The SMILES string of the molecule is Cc1ccncc1CNC(=O)N1C[C@@H](C(F)(F)F)[C@H](C(=O)O)C1. The molecule has 0 saturated carbocycles. The molecule has 6 nitrogen and oxygen atoms in total. The second kappa shape index (κ2) is 6.43. The van der Waals surface area contributed by atoms with Crippen molar-refractivity contribution in [2.24, 2.45) is 11.8 Å². The number of alkyl halides is 3. The van der Waals surface area contributed by atoms with Gasteiger partial charge in [-0.05, 0) is 24.1 Å². The van der Waals surface area contributed by atoms with Crippen LogP contribution in [0.25, 0.3) is 0 Å². The van der Waals surface area contributed by atoms with E-state index in [0.29, 0.717) is 0 Å². The van der Waals surface area contributed by atoms with Gasteiger partial charge in [0.1, 0.15) is 0 Å². The summed E-state index contributed by atoms with van der Waals surface area (Å²) in [7, 11) is 0. The van der Waals surface area contributed by atoms with Crippen LogP contribution in [0.2, 0.25) is 0 Å². The molecular weight excluding hydrogens is 315 g/mol. The number of likely N-dealkylation sites (tertiary alicyclic amines) is 1. The van der Waals surface area contributed by atoms with Crippen LogP contribution in [0.15, 0.2) is 18.5 Å². The predicted molar refractivity (Wildman–Crippen MR) is 73.5 cm³/mol. The fourth-order valence-corrected chi connectivity index (χ4v) is 2.52. The van der Waals surface area contributed by atoms with Crippen LogP contribution < -0.4 is 5.32 Å². The van der Waals surface area contributed by atoms with Crippen LogP contribution in [0.4, 0.5) is 18.0 Å². The van der Waals surface area contributed by atoms with Crippen LogP contribution >= 0.6 is 0 Å². The molecule has 1 aliphatic rings. The average molecular weight is 331 g/mol. The Morgan fingerprint density at radius 1 is 1.43 bits per heavy atom. The van der Waals surface area contributed by atoms with Crippen molar-refractivity contribution in [3.63, 3.8) is 0 Å². The minimum Gasteiger partial charge on any atom is -0.481 e. The Bertz CT molecular complexity index is 606. The standard InChI is InChI=1S/C14H16F3N3O3/c1-8-2-3-18-4-9(8)5-19-13(23)20-6-10(12(21)22)11(7-20)14(15,16)17/h2-4,10-11H,5-7H2,1H3,(H,19,23)(H,21,22)/t10-,11-/m1/s1. The van der Waals surface area contributed by atoms with E-state index >= 15 is 0 Å². The van der Waals surface area contributed by atoms with Gasteiger partial charge < -0.3 is 15.3 Å². The van der Waals surface area contributed by atoms with Crippen molar-refractivity contribution in [1.29, 1.82) is 0 Å². The highest BCUT2D eigenvalue weighted by Crippen LogP contribution is 2.37. The van der Waals surface area contributed by atoms with Crippen LogP contribution in [0, 0.1) is 18.8 Å². The molecule has 1 aromatic heterocycles. The lowest BCUT2D eigenvalue weighted by Crippen LogP contribution is -2.39. The maximum absolute atomic E-state index is 12.9. The second-order valence-electron chi connectivity index (χ2n) is 5.46. The molecule has 0 spiro atoms. The molecule has 1 aliphatic heterocycles. The van der Waals surface area contributed by atoms with E-state index < -0.39 is 43.1 Å². The summed E-state index contributed by atoms with van der Waals surface area (Å²) < 4.78 is 38.6. The van der Waals surface area contributed by atoms with Crippen LogP contribution in [0.3, 0.4) is 0 Å². The second-order valence-corrected chi connectivity index (χ2v) is 5.46. The molecule has 23 heavy (non-hydrogen) atoms. The highest BCUT2D eigenvalue weighted by molar-refractivity contribution is 5.77. The summed E-state index contributed by atoms with van der Waals surface area (Å²) in [5.41, 5.74) is 1.63. The first-order valence-electron chi connectivity index (χ1n) is 6.92. The van der Waals surface area contributed by atoms with E-state index in [1.54, 1.807) is 18.5 Å². The van der Waals surface area contributed by atoms with Crippen molar-refractivity contribution >= 4 is 12.0 Å². The van der Waals surface area contributed by atoms with Crippen LogP contribution in [0.5, 0.6) is 0 Å². The number of rotatable bonds is 3. The highest BCUT2D eigenvalue weighted by atomic mass is 19.4. The van der Waals surface area contributed by atoms with E-state index in [2.05, 4.69) is 10.3 Å². The number of urea groups is 1. The Morgan fingerprint density at radius 3 is 2.65 bits per heavy atom. The van der Waals surface area contributed by atoms with Gasteiger partial charge in [-0.25, -0.2) is 4.79 Å². The number of aryl methyl sites for hydroxylation is 1. The molecule has 9 heteroatoms. The summed E-state index contributed by atoms with van der Waals surface area (Å²) in [4.78, 5) is 27.8. The molecule has 0 aromatic carbocycles. The maximum Gasteiger partial charge on any atom is 0.394 e. The van der Waals surface area contributed by atoms with Crippen molar-refractivity contribution in [3.8, 4) is 0 Å². The van der Waals surface area contributed by atoms with Crippen LogP contribution in [-0.2, 0) is 11.3 Å². The van der Waals surface area contributed by atoms with E-state index in [4.69, 9.17) is 5.11 Å². The number of aliphatic carboxylic acids is 1. The summed E-state index contributed by atoms with van der Waals surface area (Å²) >= 11 is 0. The third-order valence-corrected chi connectivity index (χ3v) is 3.92. The number of carboxylic acids is 1. The third kappa shape index (κ3) is 3.91. The van der Waals surface area contributed by atoms with Gasteiger partial charge in [0, 0.05) is 32.0 Å². The minimum absolute atomic E-state index is 0.115. The number of halogens is 3. The first kappa shape index (κ1) is 17.0. The van der Waals surface area contributed by atoms with Crippen molar-refractivity contribution in [1.82, 2.24) is 15.2 Å². The van der Waals surface area contributed by atoms with Gasteiger partial charge in [0.25, 0.3) is 0 Å². The molecule has 0 unspecified atom stereocenters. The molecule has 0 bridgehead atoms. The zero-order valence-corrected chi connectivity index (χ0v) is 12.3. The Morgan fingerprint density at radius 2 is 2.13 bits per heavy atom. The fourth-order valence-electron chi connectivity index (χ4n) is 2.52. The number of aromatic nitrogens is 1. The quantitative estimate of drug-likeness (QED) is 0.885. The number of hydrogen-bond acceptors (Lipinski definition) is 3. The summed E-state index contributed by atoms with van der Waals surface area (Å²) in [6.45, 7) is 0.818. The van der Waals surface area contributed by atoms with Gasteiger partial charge >= 0.3 is 18.2 Å². The molecule has 2 amide bonds. The predicted octanol–water partition coefficient (Wildman–Crippen LogP) is 1.79. The zero-order chi connectivity index (χ0) is 17.2. The monoisotopic (exact) mass is 331 g/mol. The number of nitrogens with zero attached hydrogens (tertiary/aromatic N) is 2. The Balaban J connectivity index is 2.01. The summed E-state index contributed by atoms with van der Waals surface area (Å²) in [6.07, 6.45) is -1.51. The zero-order valence-electron chi connectivity index (χ0n) is 12.3. The van der Waals surface area contributed by atoms with Crippen LogP contribution in [0.1, 0.15) is 11.1 Å². The van der Waals surface area contributed by atoms with Gasteiger partial charge in [-0.3, -0.25) is 9.78 Å². The molecule has 0 radical (unpaired) electrons. The Kier molecular flexibility index (Phi) is 4.76. The maximum atomic E-state index is 12.9. The summed E-state index contributed by atoms with van der Waals surface area (Å²) in [6, 6.07) is 1.03. The molecule has 2 heterocycles. The van der Waals surface area contributed by atoms with Crippen molar-refractivity contribution in [2.75, 3.05) is 13.1 Å². The number of hydrogen-bond donors (Lipinski definition) is 2. The Labute approximate surface area is 130 Å². The van der Waals surface area contributed by atoms with E-state index in [1.165, 1.54) is 0 Å². The number of carbonyl (C=O) groups is 2. The first-order chi connectivity index (χ1) is 10.7. The minimum atomic E-state index is -4.65. The smallest absolute Gasteiger partial charge is 0.394 e. The molecule has 126 valence electrons. The number of carboxylic acid groups (broad SMARTS) is 1. The number of nitrogens with one attached hydrogen (secondary N) is 1. The summed E-state index contributed by atoms with van der Waals surface area (Å²) in [5.74, 6) is -5.24. The van der Waals surface area contributed by atoms with Gasteiger partial charge in [0.2, 0.25) is 0 Å². The molecule has 2 atom stereocenters. The highest BCUT2D eigenvalue weighted by Gasteiger charge is 2.53. The van der Waals surface area contributed by atoms with Crippen LogP contribution in [-0.4, -0.2) is 46.3 Å². The van der Waals surface area contributed by atoms with Gasteiger partial charge in [-0.1, -0.05) is 0 Å². The molecule has 1 aromatic rings. The van der Waals surface area contributed by atoms with E-state index in [9.17, 15) is 22.8 Å². The number of carbonyl (C=O) groups excluding carboxylic acids is 1. The van der Waals surface area contributed by atoms with Crippen molar-refractivity contribution in [3.05, 3.63) is 29.6 Å². The lowest BCUT2D eigenvalue weighted by atomic mass is 9.96. The van der Waals surface area contributed by atoms with Gasteiger partial charge in [0.05, 0.1) is 11.8 Å². The summed E-state index contributed by atoms with van der Waals surface area (Å²) in [5, 5.41) is 11.4. The molecule has 1 saturated heterocycles. The number of amides is 2. The molecule has 1 fully saturated rings. The Hall–Kier alpha value is -2.32. The lowest BCUT2D eigenvalue weighted by molar-refractivity contribution is -0.187. The topological polar surface area (TPSA) is 82.5 Å². The van der Waals surface area contributed by atoms with Crippen molar-refractivity contribution < 1.29 is 27.9 Å². The van der Waals surface area contributed by atoms with E-state index in [-0.39, 0.29) is 6.54 Å². The van der Waals surface area contributed by atoms with Crippen molar-refractivity contribution in [2.45, 2.75) is 19.6 Å². The molecule has 2 rings (SSSR count). The van der Waals surface area contributed by atoms with Gasteiger partial charge in [-0.2, -0.15) is 13.2 Å². The third-order valence-electron chi connectivity index (χ3n) is 3.92. The first-order valence-corrected chi connectivity index (χ1v) is 6.92. The molecular formula is C14H16F3N3O3. The van der Waals surface area contributed by atoms with E-state index in [0.717, 1.165) is 16.0 Å². The molecule has 0 aliphatic carbocycles. The van der Waals surface area contributed by atoms with Gasteiger partial charge in [0.15, 0.2) is 0 Å². The fraction of sp³-hybridized carbons (Fsp3) is 0.500. The normalized spacial score (nSPS) is 21.3.